The van der Waals surface area contributed by atoms with E-state index in [4.69, 9.17) is 0 Å². The van der Waals surface area contributed by atoms with Crippen molar-refractivity contribution >= 4 is 16.5 Å². The van der Waals surface area contributed by atoms with Crippen molar-refractivity contribution in [3.05, 3.63) is 0 Å². The molecule has 0 atom stereocenters. The topological polar surface area (TPSA) is 0 Å². The number of hydrogen-bond acceptors (Lipinski definition) is 0. The molecule has 0 aliphatic carbocycles. The molecule has 0 aromatic heterocycles. The summed E-state index contributed by atoms with van der Waals surface area (Å²) in [7, 11) is 0. The zero-order valence-corrected chi connectivity index (χ0v) is 9.49. The summed E-state index contributed by atoms with van der Waals surface area (Å²) >= 11 is 2.00. The van der Waals surface area contributed by atoms with Gasteiger partial charge in [0.25, 0.3) is 0 Å². The molecule has 0 saturated carbocycles. The maximum atomic E-state index is 2.00. The van der Waals surface area contributed by atoms with Crippen LogP contribution in [0.25, 0.3) is 0 Å². The van der Waals surface area contributed by atoms with Crippen LogP contribution in [0.3, 0.4) is 0 Å². The molecule has 0 fully saturated rings. The molecule has 5 heavy (non-hydrogen) atoms. The third kappa shape index (κ3) is 24.1. The normalized spacial score (nSPS) is 1.40. The molecule has 0 nitrogen and oxygen atoms in total. The van der Waals surface area contributed by atoms with Crippen molar-refractivity contribution in [1.29, 1.82) is 0 Å². The van der Waals surface area contributed by atoms with Gasteiger partial charge < -0.3 is 50.9 Å². The molecule has 0 aromatic carbocycles. The van der Waals surface area contributed by atoms with Gasteiger partial charge in [-0.15, -0.1) is 0 Å². The van der Waals surface area contributed by atoms with Gasteiger partial charge in [-0.25, -0.2) is 0 Å². The van der Waals surface area contributed by atoms with Crippen LogP contribution in [0.1, 0.15) is 0 Å². The predicted molar refractivity (Wildman–Crippen MR) is 11.6 cm³/mol. The molecule has 0 rings (SSSR count). The molecular formula is CH3Br3Ge. The third-order valence-corrected chi connectivity index (χ3v) is 0. The van der Waals surface area contributed by atoms with Gasteiger partial charge in [-0.2, -0.15) is 0 Å². The number of halogens is 3. The Labute approximate surface area is 72.6 Å². The van der Waals surface area contributed by atoms with Crippen molar-refractivity contribution in [2.75, 3.05) is 0 Å². The minimum absolute atomic E-state index is 0. The molecule has 0 N–H and O–H groups in total. The summed E-state index contributed by atoms with van der Waals surface area (Å²) in [6, 6.07) is 0. The molecule has 0 unspecified atom stereocenters. The van der Waals surface area contributed by atoms with Crippen molar-refractivity contribution < 1.29 is 50.9 Å². The molecule has 32 valence electrons. The van der Waals surface area contributed by atoms with Gasteiger partial charge in [-0.3, -0.25) is 0 Å². The van der Waals surface area contributed by atoms with Crippen LogP contribution >= 0.6 is 0 Å². The van der Waals surface area contributed by atoms with Crippen LogP contribution in [0.15, 0.2) is 0 Å². The second kappa shape index (κ2) is 37.8. The van der Waals surface area contributed by atoms with Gasteiger partial charge in [-0.05, 0) is 0 Å². The summed E-state index contributed by atoms with van der Waals surface area (Å²) < 4.78 is 0. The van der Waals surface area contributed by atoms with Crippen LogP contribution in [0, 0.1) is 0 Å². The second-order valence-electron chi connectivity index (χ2n) is 0. The first-order valence-electron chi connectivity index (χ1n) is 0.500. The fraction of sp³-hybridized carbons (Fsp3) is 1.00. The van der Waals surface area contributed by atoms with E-state index in [0.29, 0.717) is 0 Å². The van der Waals surface area contributed by atoms with Gasteiger partial charge in [0.1, 0.15) is 0 Å². The molecule has 0 aliphatic rings. The van der Waals surface area contributed by atoms with Crippen LogP contribution in [0.4, 0.5) is 0 Å². The standard InChI is InChI=1S/CH3Ge.3BrH/c1-2;;;/h1H3;3*1H/q+3;;;/p-3. The number of hydrogen-bond donors (Lipinski definition) is 0. The quantitative estimate of drug-likeness (QED) is 0.388. The van der Waals surface area contributed by atoms with E-state index >= 15 is 0 Å². The van der Waals surface area contributed by atoms with Gasteiger partial charge >= 0.3 is 22.3 Å². The summed E-state index contributed by atoms with van der Waals surface area (Å²) in [5.41, 5.74) is 0. The van der Waals surface area contributed by atoms with Crippen LogP contribution in [0.5, 0.6) is 0 Å². The summed E-state index contributed by atoms with van der Waals surface area (Å²) in [5, 5.41) is 0. The Morgan fingerprint density at radius 2 is 0.800 bits per heavy atom. The minimum atomic E-state index is 0. The second-order valence-corrected chi connectivity index (χ2v) is 0. The summed E-state index contributed by atoms with van der Waals surface area (Å²) in [5.74, 6) is 2.00. The van der Waals surface area contributed by atoms with E-state index in [2.05, 4.69) is 0 Å². The van der Waals surface area contributed by atoms with Gasteiger partial charge in [0.05, 0.1) is 0 Å². The van der Waals surface area contributed by atoms with Gasteiger partial charge in [0.15, 0.2) is 0 Å². The third-order valence-electron chi connectivity index (χ3n) is 0. The van der Waals surface area contributed by atoms with E-state index in [1.54, 1.807) is 0 Å². The maximum absolute atomic E-state index is 2.00. The van der Waals surface area contributed by atoms with E-state index in [1.807, 2.05) is 22.3 Å². The van der Waals surface area contributed by atoms with Crippen LogP contribution in [-0.4, -0.2) is 16.5 Å². The van der Waals surface area contributed by atoms with Gasteiger partial charge in [-0.1, -0.05) is 0 Å². The van der Waals surface area contributed by atoms with Crippen molar-refractivity contribution in [2.24, 2.45) is 0 Å². The zero-order chi connectivity index (χ0) is 2.00. The van der Waals surface area contributed by atoms with Crippen LogP contribution in [0.2, 0.25) is 5.76 Å². The molecule has 4 heteroatoms. The first kappa shape index (κ1) is 28.1. The summed E-state index contributed by atoms with van der Waals surface area (Å²) in [6.07, 6.45) is 0. The van der Waals surface area contributed by atoms with Crippen molar-refractivity contribution in [2.45, 2.75) is 5.76 Å². The average molecular weight is 327 g/mol. The fourth-order valence-electron chi connectivity index (χ4n) is 0. The Morgan fingerprint density at radius 1 is 0.800 bits per heavy atom. The van der Waals surface area contributed by atoms with Crippen LogP contribution in [-0.2, 0) is 0 Å². The predicted octanol–water partition coefficient (Wildman–Crippen LogP) is -8.79. The first-order chi connectivity index (χ1) is 1.00. The van der Waals surface area contributed by atoms with Gasteiger partial charge in [0.2, 0.25) is 0 Å². The molecule has 0 aliphatic heterocycles. The SMILES string of the molecule is [Br-].[Br-].[Br-].[CH3][Ge+3]. The Morgan fingerprint density at radius 3 is 0.800 bits per heavy atom. The van der Waals surface area contributed by atoms with E-state index in [-0.39, 0.29) is 50.9 Å². The Bertz CT molecular complexity index is 6.85. The monoisotopic (exact) mass is 326 g/mol. The molecule has 0 radical (unpaired) electrons. The molecule has 0 amide bonds. The van der Waals surface area contributed by atoms with E-state index in [0.717, 1.165) is 0 Å². The Hall–Kier alpha value is 1.98. The zero-order valence-electron chi connectivity index (χ0n) is 2.63. The molecule has 0 spiro atoms. The van der Waals surface area contributed by atoms with E-state index < -0.39 is 0 Å². The Kier molecular flexibility index (Phi) is 212. The van der Waals surface area contributed by atoms with E-state index in [1.165, 1.54) is 0 Å². The van der Waals surface area contributed by atoms with Crippen molar-refractivity contribution in [3.8, 4) is 0 Å². The summed E-state index contributed by atoms with van der Waals surface area (Å²) in [6.45, 7) is 0. The number of rotatable bonds is 0. The average Bonchev–Trinajstić information content (AvgIpc) is 1.00. The molecule has 0 heterocycles. The molecule has 0 bridgehead atoms. The van der Waals surface area contributed by atoms with Crippen molar-refractivity contribution in [3.63, 3.8) is 0 Å². The van der Waals surface area contributed by atoms with E-state index in [9.17, 15) is 0 Å². The Balaban J connectivity index is -0.00000000167. The fourth-order valence-corrected chi connectivity index (χ4v) is 0. The molecule has 0 saturated heterocycles. The van der Waals surface area contributed by atoms with Crippen LogP contribution < -0.4 is 50.9 Å². The summed E-state index contributed by atoms with van der Waals surface area (Å²) in [4.78, 5) is 0. The van der Waals surface area contributed by atoms with Crippen molar-refractivity contribution in [1.82, 2.24) is 0 Å². The van der Waals surface area contributed by atoms with Gasteiger partial charge in [0, 0.05) is 0 Å². The first-order valence-corrected chi connectivity index (χ1v) is 2.60. The molecular weight excluding hydrogens is 324 g/mol. The molecule has 0 aromatic rings.